The Balaban J connectivity index is 1.36. The fourth-order valence-corrected chi connectivity index (χ4v) is 5.57. The van der Waals surface area contributed by atoms with Crippen LogP contribution >= 0.6 is 0 Å². The number of fused-ring (bicyclic) bond motifs is 1. The van der Waals surface area contributed by atoms with Crippen molar-refractivity contribution in [3.05, 3.63) is 101 Å². The second-order valence-corrected chi connectivity index (χ2v) is 9.50. The largest absolute Gasteiger partial charge is 0.380 e. The van der Waals surface area contributed by atoms with Gasteiger partial charge in [0, 0.05) is 31.2 Å². The van der Waals surface area contributed by atoms with E-state index in [4.69, 9.17) is 0 Å². The predicted octanol–water partition coefficient (Wildman–Crippen LogP) is 6.31. The van der Waals surface area contributed by atoms with Crippen LogP contribution in [0.3, 0.4) is 0 Å². The maximum absolute atomic E-state index is 12.4. The number of rotatable bonds is 7. The minimum atomic E-state index is -0.218. The van der Waals surface area contributed by atoms with Gasteiger partial charge in [0.2, 0.25) is 0 Å². The van der Waals surface area contributed by atoms with Gasteiger partial charge in [-0.1, -0.05) is 66.2 Å². The van der Waals surface area contributed by atoms with Gasteiger partial charge in [0.1, 0.15) is 0 Å². The number of alkyl halides is 1. The molecule has 166 valence electrons. The molecular weight excluding hydrogens is 395 g/mol. The average molecular weight is 429 g/mol. The highest BCUT2D eigenvalue weighted by Crippen LogP contribution is 2.46. The average Bonchev–Trinajstić information content (AvgIpc) is 2.80. The number of aryl methyl sites for hydroxylation is 2. The van der Waals surface area contributed by atoms with Gasteiger partial charge in [-0.3, -0.25) is 9.29 Å². The molecule has 0 unspecified atom stereocenters. The second-order valence-electron chi connectivity index (χ2n) is 9.50. The van der Waals surface area contributed by atoms with Gasteiger partial charge in [-0.25, -0.2) is 0 Å². The molecule has 1 fully saturated rings. The van der Waals surface area contributed by atoms with Crippen molar-refractivity contribution < 1.29 is 4.39 Å². The van der Waals surface area contributed by atoms with Crippen molar-refractivity contribution in [1.29, 1.82) is 0 Å². The van der Waals surface area contributed by atoms with E-state index in [0.717, 1.165) is 26.1 Å². The number of likely N-dealkylation sites (tertiary alicyclic amines) is 1. The van der Waals surface area contributed by atoms with Crippen molar-refractivity contribution in [3.8, 4) is 0 Å². The Kier molecular flexibility index (Phi) is 6.27. The van der Waals surface area contributed by atoms with Gasteiger partial charge in [0.25, 0.3) is 0 Å². The summed E-state index contributed by atoms with van der Waals surface area (Å²) in [6.07, 6.45) is 2.97. The van der Waals surface area contributed by atoms with E-state index in [0.29, 0.717) is 24.3 Å². The number of anilines is 1. The first-order chi connectivity index (χ1) is 15.7. The number of halogens is 1. The predicted molar refractivity (Wildman–Crippen MR) is 131 cm³/mol. The summed E-state index contributed by atoms with van der Waals surface area (Å²) in [5.41, 5.74) is 8.36. The Morgan fingerprint density at radius 2 is 1.72 bits per heavy atom. The standard InChI is InChI=1S/C29H33FN2/c1-21-8-14-28-24(18-21)11-15-27(22-6-3-2-4-7-22)29(28)23-9-12-25(13-10-23)31-26-19-32(20-26)17-5-16-30/h2-4,6-10,12-14,18,26-27,29,31H,5,11,15-17,19-20H2,1H3/t27-,29+/m1/s1. The van der Waals surface area contributed by atoms with Crippen LogP contribution in [-0.4, -0.2) is 37.3 Å². The van der Waals surface area contributed by atoms with Crippen LogP contribution in [0.25, 0.3) is 0 Å². The lowest BCUT2D eigenvalue weighted by atomic mass is 9.69. The van der Waals surface area contributed by atoms with E-state index in [1.807, 2.05) is 0 Å². The minimum absolute atomic E-state index is 0.218. The topological polar surface area (TPSA) is 15.3 Å². The van der Waals surface area contributed by atoms with Gasteiger partial charge in [-0.05, 0) is 66.5 Å². The first-order valence-electron chi connectivity index (χ1n) is 12.0. The third-order valence-corrected chi connectivity index (χ3v) is 7.19. The van der Waals surface area contributed by atoms with E-state index in [-0.39, 0.29) is 6.67 Å². The summed E-state index contributed by atoms with van der Waals surface area (Å²) in [7, 11) is 0. The molecule has 0 amide bonds. The fourth-order valence-electron chi connectivity index (χ4n) is 5.57. The lowest BCUT2D eigenvalue weighted by molar-refractivity contribution is 0.155. The molecule has 0 aromatic heterocycles. The Morgan fingerprint density at radius 3 is 2.47 bits per heavy atom. The molecule has 3 aromatic carbocycles. The first kappa shape index (κ1) is 21.2. The fraction of sp³-hybridized carbons (Fsp3) is 0.379. The zero-order valence-corrected chi connectivity index (χ0v) is 18.9. The summed E-state index contributed by atoms with van der Waals surface area (Å²) in [6, 6.07) is 27.6. The molecule has 0 bridgehead atoms. The molecule has 2 aliphatic rings. The quantitative estimate of drug-likeness (QED) is 0.474. The Bertz CT molecular complexity index is 1020. The van der Waals surface area contributed by atoms with Crippen LogP contribution in [0.5, 0.6) is 0 Å². The smallest absolute Gasteiger partial charge is 0.0906 e. The molecule has 0 saturated carbocycles. The summed E-state index contributed by atoms with van der Waals surface area (Å²) in [5.74, 6) is 0.886. The third-order valence-electron chi connectivity index (χ3n) is 7.19. The zero-order chi connectivity index (χ0) is 21.9. The number of nitrogens with zero attached hydrogens (tertiary/aromatic N) is 1. The minimum Gasteiger partial charge on any atom is -0.380 e. The van der Waals surface area contributed by atoms with Gasteiger partial charge in [0.05, 0.1) is 12.7 Å². The van der Waals surface area contributed by atoms with Crippen molar-refractivity contribution in [1.82, 2.24) is 4.90 Å². The van der Waals surface area contributed by atoms with Crippen LogP contribution in [0.15, 0.2) is 72.8 Å². The molecule has 2 nitrogen and oxygen atoms in total. The number of nitrogens with one attached hydrogen (secondary N) is 1. The lowest BCUT2D eigenvalue weighted by Gasteiger charge is -2.40. The van der Waals surface area contributed by atoms with E-state index in [2.05, 4.69) is 89.9 Å². The summed E-state index contributed by atoms with van der Waals surface area (Å²) in [4.78, 5) is 2.32. The molecule has 1 heterocycles. The Labute approximate surface area is 191 Å². The number of hydrogen-bond donors (Lipinski definition) is 1. The van der Waals surface area contributed by atoms with Crippen LogP contribution < -0.4 is 5.32 Å². The normalized spacial score (nSPS) is 21.1. The SMILES string of the molecule is Cc1ccc2c(c1)CC[C@H](c1ccccc1)[C@@H]2c1ccc(NC2CN(CCCF)C2)cc1. The highest BCUT2D eigenvalue weighted by atomic mass is 19.1. The molecule has 32 heavy (non-hydrogen) atoms. The number of hydrogen-bond acceptors (Lipinski definition) is 2. The van der Waals surface area contributed by atoms with Crippen molar-refractivity contribution >= 4 is 5.69 Å². The summed E-state index contributed by atoms with van der Waals surface area (Å²) in [6.45, 7) is 4.86. The van der Waals surface area contributed by atoms with Crippen LogP contribution in [0.1, 0.15) is 52.5 Å². The first-order valence-corrected chi connectivity index (χ1v) is 12.0. The molecule has 0 radical (unpaired) electrons. The summed E-state index contributed by atoms with van der Waals surface area (Å²) >= 11 is 0. The van der Waals surface area contributed by atoms with E-state index < -0.39 is 0 Å². The maximum atomic E-state index is 12.4. The monoisotopic (exact) mass is 428 g/mol. The molecule has 1 aliphatic heterocycles. The van der Waals surface area contributed by atoms with Crippen molar-refractivity contribution in [2.24, 2.45) is 0 Å². The van der Waals surface area contributed by atoms with Gasteiger partial charge >= 0.3 is 0 Å². The van der Waals surface area contributed by atoms with Crippen molar-refractivity contribution in [3.63, 3.8) is 0 Å². The van der Waals surface area contributed by atoms with Gasteiger partial charge in [-0.2, -0.15) is 0 Å². The molecule has 1 aliphatic carbocycles. The molecule has 0 spiro atoms. The Morgan fingerprint density at radius 1 is 0.938 bits per heavy atom. The van der Waals surface area contributed by atoms with E-state index in [9.17, 15) is 4.39 Å². The van der Waals surface area contributed by atoms with E-state index in [1.165, 1.54) is 39.9 Å². The zero-order valence-electron chi connectivity index (χ0n) is 18.9. The highest BCUT2D eigenvalue weighted by molar-refractivity contribution is 5.51. The molecule has 3 heteroatoms. The molecule has 3 aromatic rings. The summed E-state index contributed by atoms with van der Waals surface area (Å²) in [5, 5.41) is 3.65. The van der Waals surface area contributed by atoms with Crippen LogP contribution in [0.4, 0.5) is 10.1 Å². The molecule has 1 saturated heterocycles. The lowest BCUT2D eigenvalue weighted by Crippen LogP contribution is -2.54. The van der Waals surface area contributed by atoms with Crippen LogP contribution in [-0.2, 0) is 6.42 Å². The van der Waals surface area contributed by atoms with Crippen LogP contribution in [0, 0.1) is 6.92 Å². The third kappa shape index (κ3) is 4.45. The van der Waals surface area contributed by atoms with Crippen molar-refractivity contribution in [2.45, 2.75) is 44.1 Å². The Hall–Kier alpha value is -2.65. The number of benzene rings is 3. The van der Waals surface area contributed by atoms with Gasteiger partial charge in [0.15, 0.2) is 0 Å². The molecular formula is C29H33FN2. The van der Waals surface area contributed by atoms with Crippen molar-refractivity contribution in [2.75, 3.05) is 31.6 Å². The maximum Gasteiger partial charge on any atom is 0.0906 e. The van der Waals surface area contributed by atoms with Gasteiger partial charge in [-0.15, -0.1) is 0 Å². The van der Waals surface area contributed by atoms with Crippen LogP contribution in [0.2, 0.25) is 0 Å². The molecule has 2 atom stereocenters. The van der Waals surface area contributed by atoms with E-state index in [1.54, 1.807) is 0 Å². The summed E-state index contributed by atoms with van der Waals surface area (Å²) < 4.78 is 12.4. The second kappa shape index (κ2) is 9.46. The van der Waals surface area contributed by atoms with E-state index >= 15 is 0 Å². The highest BCUT2D eigenvalue weighted by Gasteiger charge is 2.32. The molecule has 1 N–H and O–H groups in total. The van der Waals surface area contributed by atoms with Gasteiger partial charge < -0.3 is 5.32 Å². The molecule has 5 rings (SSSR count).